The number of nitrogens with zero attached hydrogens (tertiary/aromatic N) is 3. The number of likely N-dealkylation sites (tertiary alicyclic amines) is 1. The Kier molecular flexibility index (Phi) is 10.8. The van der Waals surface area contributed by atoms with Crippen LogP contribution in [0.25, 0.3) is 0 Å². The van der Waals surface area contributed by atoms with Crippen molar-refractivity contribution in [2.75, 3.05) is 26.2 Å². The van der Waals surface area contributed by atoms with Crippen molar-refractivity contribution in [3.63, 3.8) is 0 Å². The molecule has 2 heterocycles. The van der Waals surface area contributed by atoms with Gasteiger partial charge in [0.05, 0.1) is 12.6 Å². The predicted octanol–water partition coefficient (Wildman–Crippen LogP) is 3.61. The van der Waals surface area contributed by atoms with E-state index < -0.39 is 6.10 Å². The van der Waals surface area contributed by atoms with Gasteiger partial charge < -0.3 is 15.7 Å². The molecule has 0 radical (unpaired) electrons. The van der Waals surface area contributed by atoms with Crippen LogP contribution >= 0.6 is 35.6 Å². The molecule has 1 aliphatic rings. The van der Waals surface area contributed by atoms with E-state index >= 15 is 0 Å². The van der Waals surface area contributed by atoms with Crippen LogP contribution in [0, 0.1) is 0 Å². The number of hydrogen-bond donors (Lipinski definition) is 3. The number of benzene rings is 1. The molecule has 1 aliphatic heterocycles. The fourth-order valence-electron chi connectivity index (χ4n) is 3.47. The molecule has 3 rings (SSSR count). The lowest BCUT2D eigenvalue weighted by atomic mass is 10.0. The minimum Gasteiger partial charge on any atom is -0.386 e. The van der Waals surface area contributed by atoms with Gasteiger partial charge in [-0.1, -0.05) is 23.7 Å². The normalized spacial score (nSPS) is 16.6. The molecule has 0 saturated carbocycles. The lowest BCUT2D eigenvalue weighted by Gasteiger charge is -2.33. The fourth-order valence-corrected chi connectivity index (χ4v) is 3.59. The summed E-state index contributed by atoms with van der Waals surface area (Å²) < 4.78 is 0. The highest BCUT2D eigenvalue weighted by Gasteiger charge is 2.20. The second-order valence-corrected chi connectivity index (χ2v) is 7.77. The van der Waals surface area contributed by atoms with E-state index in [0.717, 1.165) is 55.6 Å². The van der Waals surface area contributed by atoms with Crippen molar-refractivity contribution >= 4 is 41.5 Å². The van der Waals surface area contributed by atoms with Gasteiger partial charge in [-0.3, -0.25) is 14.9 Å². The first-order chi connectivity index (χ1) is 14.1. The minimum atomic E-state index is -0.630. The summed E-state index contributed by atoms with van der Waals surface area (Å²) in [6.07, 6.45) is 4.86. The SMILES string of the molecule is CCNC(=NCC(O)c1ccncc1)NC1CCN(Cc2ccc(Cl)cc2)CC1.I. The molecule has 164 valence electrons. The molecular weight excluding hydrogens is 513 g/mol. The minimum absolute atomic E-state index is 0. The van der Waals surface area contributed by atoms with Crippen molar-refractivity contribution in [2.45, 2.75) is 38.5 Å². The summed E-state index contributed by atoms with van der Waals surface area (Å²) in [7, 11) is 0. The first-order valence-corrected chi connectivity index (χ1v) is 10.6. The lowest BCUT2D eigenvalue weighted by molar-refractivity contribution is 0.186. The molecule has 1 saturated heterocycles. The van der Waals surface area contributed by atoms with E-state index in [2.05, 4.69) is 37.6 Å². The summed E-state index contributed by atoms with van der Waals surface area (Å²) in [5.74, 6) is 0.761. The molecule has 0 spiro atoms. The Morgan fingerprint density at radius 3 is 2.50 bits per heavy atom. The fraction of sp³-hybridized carbons (Fsp3) is 0.455. The van der Waals surface area contributed by atoms with Crippen LogP contribution in [0.5, 0.6) is 0 Å². The van der Waals surface area contributed by atoms with E-state index in [4.69, 9.17) is 11.6 Å². The average Bonchev–Trinajstić information content (AvgIpc) is 2.75. The molecule has 2 aromatic rings. The number of halogens is 2. The zero-order valence-electron chi connectivity index (χ0n) is 17.3. The molecule has 1 aromatic carbocycles. The second kappa shape index (κ2) is 13.1. The van der Waals surface area contributed by atoms with Gasteiger partial charge in [0.15, 0.2) is 5.96 Å². The van der Waals surface area contributed by atoms with E-state index in [1.807, 2.05) is 31.2 Å². The zero-order valence-corrected chi connectivity index (χ0v) is 20.4. The molecule has 8 heteroatoms. The topological polar surface area (TPSA) is 72.8 Å². The number of pyridine rings is 1. The van der Waals surface area contributed by atoms with Crippen LogP contribution < -0.4 is 10.6 Å². The van der Waals surface area contributed by atoms with Crippen molar-refractivity contribution in [2.24, 2.45) is 4.99 Å². The second-order valence-electron chi connectivity index (χ2n) is 7.34. The molecule has 30 heavy (non-hydrogen) atoms. The van der Waals surface area contributed by atoms with Gasteiger partial charge in [-0.25, -0.2) is 0 Å². The zero-order chi connectivity index (χ0) is 20.5. The van der Waals surface area contributed by atoms with Crippen LogP contribution in [0.3, 0.4) is 0 Å². The highest BCUT2D eigenvalue weighted by molar-refractivity contribution is 14.0. The van der Waals surface area contributed by atoms with Crippen molar-refractivity contribution in [3.8, 4) is 0 Å². The number of nitrogens with one attached hydrogen (secondary N) is 2. The number of aliphatic hydroxyl groups is 1. The summed E-state index contributed by atoms with van der Waals surface area (Å²) in [6, 6.07) is 12.1. The molecule has 1 unspecified atom stereocenters. The van der Waals surface area contributed by atoms with Gasteiger partial charge in [-0.2, -0.15) is 0 Å². The van der Waals surface area contributed by atoms with E-state index in [9.17, 15) is 5.11 Å². The predicted molar refractivity (Wildman–Crippen MR) is 133 cm³/mol. The van der Waals surface area contributed by atoms with Gasteiger partial charge in [0.2, 0.25) is 0 Å². The summed E-state index contributed by atoms with van der Waals surface area (Å²) in [5.41, 5.74) is 2.12. The maximum Gasteiger partial charge on any atom is 0.191 e. The van der Waals surface area contributed by atoms with E-state index in [0.29, 0.717) is 12.6 Å². The Bertz CT molecular complexity index is 767. The first-order valence-electron chi connectivity index (χ1n) is 10.2. The Morgan fingerprint density at radius 1 is 1.20 bits per heavy atom. The number of rotatable bonds is 7. The van der Waals surface area contributed by atoms with Gasteiger partial charge in [0, 0.05) is 49.6 Å². The molecule has 6 nitrogen and oxygen atoms in total. The Labute approximate surface area is 201 Å². The molecule has 1 fully saturated rings. The van der Waals surface area contributed by atoms with Crippen LogP contribution in [0.4, 0.5) is 0 Å². The van der Waals surface area contributed by atoms with Crippen LogP contribution in [-0.4, -0.2) is 53.2 Å². The highest BCUT2D eigenvalue weighted by atomic mass is 127. The van der Waals surface area contributed by atoms with Crippen molar-refractivity contribution < 1.29 is 5.11 Å². The third kappa shape index (κ3) is 8.02. The van der Waals surface area contributed by atoms with Crippen molar-refractivity contribution in [1.82, 2.24) is 20.5 Å². The maximum atomic E-state index is 10.3. The largest absolute Gasteiger partial charge is 0.386 e. The number of piperidine rings is 1. The first kappa shape index (κ1) is 24.8. The molecule has 1 aromatic heterocycles. The molecule has 0 bridgehead atoms. The number of aromatic nitrogens is 1. The molecule has 0 amide bonds. The van der Waals surface area contributed by atoms with Crippen molar-refractivity contribution in [3.05, 3.63) is 64.9 Å². The standard InChI is InChI=1S/C22H30ClN5O.HI/c1-2-25-22(26-15-21(29)18-7-11-24-12-8-18)27-20-9-13-28(14-10-20)16-17-3-5-19(23)6-4-17;/h3-8,11-12,20-21,29H,2,9-10,13-16H2,1H3,(H2,25,26,27);1H. The van der Waals surface area contributed by atoms with Gasteiger partial charge in [-0.05, 0) is 55.2 Å². The van der Waals surface area contributed by atoms with Crippen molar-refractivity contribution in [1.29, 1.82) is 0 Å². The summed E-state index contributed by atoms with van der Waals surface area (Å²) in [6.45, 7) is 6.18. The monoisotopic (exact) mass is 543 g/mol. The van der Waals surface area contributed by atoms with E-state index in [1.165, 1.54) is 5.56 Å². The number of aliphatic imine (C=N–C) groups is 1. The number of guanidine groups is 1. The van der Waals surface area contributed by atoms with Crippen LogP contribution in [0.2, 0.25) is 5.02 Å². The summed E-state index contributed by atoms with van der Waals surface area (Å²) in [4.78, 5) is 11.0. The molecular formula is C22H31ClIN5O. The Morgan fingerprint density at radius 2 is 1.87 bits per heavy atom. The molecule has 0 aliphatic carbocycles. The smallest absolute Gasteiger partial charge is 0.191 e. The molecule has 3 N–H and O–H groups in total. The lowest BCUT2D eigenvalue weighted by Crippen LogP contribution is -2.48. The third-order valence-electron chi connectivity index (χ3n) is 5.11. The van der Waals surface area contributed by atoms with Gasteiger partial charge in [0.25, 0.3) is 0 Å². The summed E-state index contributed by atoms with van der Waals surface area (Å²) in [5, 5.41) is 17.9. The van der Waals surface area contributed by atoms with Gasteiger partial charge in [0.1, 0.15) is 0 Å². The quantitative estimate of drug-likeness (QED) is 0.283. The number of hydrogen-bond acceptors (Lipinski definition) is 4. The van der Waals surface area contributed by atoms with E-state index in [-0.39, 0.29) is 24.0 Å². The van der Waals surface area contributed by atoms with Gasteiger partial charge >= 0.3 is 0 Å². The Hall–Kier alpha value is -1.42. The third-order valence-corrected chi connectivity index (χ3v) is 5.36. The highest BCUT2D eigenvalue weighted by Crippen LogP contribution is 2.16. The van der Waals surface area contributed by atoms with Gasteiger partial charge in [-0.15, -0.1) is 24.0 Å². The van der Waals surface area contributed by atoms with Crippen LogP contribution in [0.15, 0.2) is 53.8 Å². The average molecular weight is 544 g/mol. The summed E-state index contributed by atoms with van der Waals surface area (Å²) >= 11 is 5.97. The van der Waals surface area contributed by atoms with Crippen LogP contribution in [-0.2, 0) is 6.54 Å². The molecule has 1 atom stereocenters. The Balaban J connectivity index is 0.00000320. The van der Waals surface area contributed by atoms with Crippen LogP contribution in [0.1, 0.15) is 37.0 Å². The van der Waals surface area contributed by atoms with E-state index in [1.54, 1.807) is 12.4 Å². The maximum absolute atomic E-state index is 10.3. The number of aliphatic hydroxyl groups excluding tert-OH is 1.